The van der Waals surface area contributed by atoms with Gasteiger partial charge in [0.2, 0.25) is 5.95 Å². The molecule has 102 valence electrons. The number of hydrogen-bond donors (Lipinski definition) is 1. The van der Waals surface area contributed by atoms with E-state index in [2.05, 4.69) is 34.1 Å². The average Bonchev–Trinajstić information content (AvgIpc) is 2.37. The highest BCUT2D eigenvalue weighted by molar-refractivity contribution is 5.27. The van der Waals surface area contributed by atoms with Gasteiger partial charge in [-0.2, -0.15) is 9.97 Å². The minimum atomic E-state index is 0.263. The zero-order valence-electron chi connectivity index (χ0n) is 11.6. The van der Waals surface area contributed by atoms with Crippen molar-refractivity contribution in [2.24, 2.45) is 5.92 Å². The van der Waals surface area contributed by atoms with E-state index in [1.54, 1.807) is 0 Å². The van der Waals surface area contributed by atoms with Gasteiger partial charge in [0.15, 0.2) is 0 Å². The predicted molar refractivity (Wildman–Crippen MR) is 70.1 cm³/mol. The third-order valence-corrected chi connectivity index (χ3v) is 2.39. The summed E-state index contributed by atoms with van der Waals surface area (Å²) in [5, 5.41) is 3.01. The Kier molecular flexibility index (Phi) is 6.18. The monoisotopic (exact) mass is 254 g/mol. The number of hydrogen-bond acceptors (Lipinski definition) is 6. The lowest BCUT2D eigenvalue weighted by Gasteiger charge is -2.11. The van der Waals surface area contributed by atoms with Crippen molar-refractivity contribution in [2.45, 2.75) is 33.6 Å². The molecule has 1 aromatic heterocycles. The van der Waals surface area contributed by atoms with E-state index in [-0.39, 0.29) is 6.01 Å². The van der Waals surface area contributed by atoms with Crippen LogP contribution < -0.4 is 14.8 Å². The van der Waals surface area contributed by atoms with E-state index >= 15 is 0 Å². The molecule has 1 N–H and O–H groups in total. The molecule has 18 heavy (non-hydrogen) atoms. The van der Waals surface area contributed by atoms with Crippen LogP contribution in [0.25, 0.3) is 0 Å². The topological polar surface area (TPSA) is 69.2 Å². The minimum Gasteiger partial charge on any atom is -0.467 e. The molecule has 1 aromatic rings. The lowest BCUT2D eigenvalue weighted by atomic mass is 10.1. The van der Waals surface area contributed by atoms with Crippen LogP contribution in [0, 0.1) is 5.92 Å². The van der Waals surface area contributed by atoms with E-state index in [9.17, 15) is 0 Å². The first-order chi connectivity index (χ1) is 8.69. The van der Waals surface area contributed by atoms with Crippen molar-refractivity contribution in [2.75, 3.05) is 25.6 Å². The lowest BCUT2D eigenvalue weighted by Crippen LogP contribution is -2.12. The molecule has 0 fully saturated rings. The Bertz CT molecular complexity index is 360. The zero-order chi connectivity index (χ0) is 13.4. The fraction of sp³-hybridized carbons (Fsp3) is 0.750. The molecule has 0 aromatic carbocycles. The summed E-state index contributed by atoms with van der Waals surface area (Å²) < 4.78 is 10.6. The molecule has 1 heterocycles. The minimum absolute atomic E-state index is 0.263. The van der Waals surface area contributed by atoms with E-state index in [1.165, 1.54) is 7.11 Å². The van der Waals surface area contributed by atoms with Crippen molar-refractivity contribution in [1.82, 2.24) is 15.0 Å². The highest BCUT2D eigenvalue weighted by Gasteiger charge is 2.09. The molecular weight excluding hydrogens is 232 g/mol. The van der Waals surface area contributed by atoms with E-state index in [1.807, 2.05) is 6.92 Å². The maximum absolute atomic E-state index is 5.57. The summed E-state index contributed by atoms with van der Waals surface area (Å²) in [4.78, 5) is 12.3. The van der Waals surface area contributed by atoms with Crippen molar-refractivity contribution in [3.8, 4) is 12.0 Å². The van der Waals surface area contributed by atoms with Gasteiger partial charge in [-0.15, -0.1) is 4.98 Å². The summed E-state index contributed by atoms with van der Waals surface area (Å²) in [6.45, 7) is 7.62. The first-order valence-corrected chi connectivity index (χ1v) is 6.36. The molecular formula is C12H22N4O2. The second-order valence-electron chi connectivity index (χ2n) is 4.16. The van der Waals surface area contributed by atoms with Crippen molar-refractivity contribution in [1.29, 1.82) is 0 Å². The number of anilines is 1. The van der Waals surface area contributed by atoms with Crippen LogP contribution in [0.3, 0.4) is 0 Å². The normalized spacial score (nSPS) is 12.0. The molecule has 0 saturated carbocycles. The number of nitrogens with one attached hydrogen (secondary N) is 1. The second-order valence-corrected chi connectivity index (χ2v) is 4.16. The summed E-state index contributed by atoms with van der Waals surface area (Å²) in [6, 6.07) is 0.569. The Morgan fingerprint density at radius 1 is 1.17 bits per heavy atom. The second kappa shape index (κ2) is 7.68. The molecule has 0 aliphatic rings. The molecule has 0 aliphatic carbocycles. The van der Waals surface area contributed by atoms with Gasteiger partial charge in [-0.3, -0.25) is 0 Å². The number of nitrogens with zero attached hydrogens (tertiary/aromatic N) is 3. The Morgan fingerprint density at radius 3 is 2.50 bits per heavy atom. The zero-order valence-corrected chi connectivity index (χ0v) is 11.6. The van der Waals surface area contributed by atoms with Crippen LogP contribution in [-0.2, 0) is 0 Å². The van der Waals surface area contributed by atoms with E-state index in [0.717, 1.165) is 19.4 Å². The summed E-state index contributed by atoms with van der Waals surface area (Å²) in [7, 11) is 1.52. The molecule has 0 bridgehead atoms. The number of ether oxygens (including phenoxy) is 2. The van der Waals surface area contributed by atoms with Gasteiger partial charge in [0.1, 0.15) is 0 Å². The largest absolute Gasteiger partial charge is 0.467 e. The van der Waals surface area contributed by atoms with Gasteiger partial charge < -0.3 is 14.8 Å². The maximum Gasteiger partial charge on any atom is 0.324 e. The third-order valence-electron chi connectivity index (χ3n) is 2.39. The first kappa shape index (κ1) is 14.5. The van der Waals surface area contributed by atoms with Gasteiger partial charge in [0.05, 0.1) is 13.7 Å². The van der Waals surface area contributed by atoms with Gasteiger partial charge in [-0.05, 0) is 19.3 Å². The Hall–Kier alpha value is -1.59. The average molecular weight is 254 g/mol. The van der Waals surface area contributed by atoms with Crippen molar-refractivity contribution < 1.29 is 9.47 Å². The van der Waals surface area contributed by atoms with Crippen molar-refractivity contribution in [3.63, 3.8) is 0 Å². The summed E-state index contributed by atoms with van der Waals surface area (Å²) in [5.74, 6) is 0.961. The highest BCUT2D eigenvalue weighted by atomic mass is 16.5. The molecule has 6 nitrogen and oxygen atoms in total. The Labute approximate surface area is 108 Å². The van der Waals surface area contributed by atoms with Crippen molar-refractivity contribution in [3.05, 3.63) is 0 Å². The van der Waals surface area contributed by atoms with Crippen LogP contribution in [0.15, 0.2) is 0 Å². The summed E-state index contributed by atoms with van der Waals surface area (Å²) >= 11 is 0. The quantitative estimate of drug-likeness (QED) is 0.766. The molecule has 0 aliphatic heterocycles. The fourth-order valence-corrected chi connectivity index (χ4v) is 1.52. The van der Waals surface area contributed by atoms with Crippen LogP contribution in [0.5, 0.6) is 12.0 Å². The third kappa shape index (κ3) is 4.73. The highest BCUT2D eigenvalue weighted by Crippen LogP contribution is 2.14. The molecule has 6 heteroatoms. The van der Waals surface area contributed by atoms with Gasteiger partial charge in [-0.25, -0.2) is 0 Å². The molecule has 1 rings (SSSR count). The predicted octanol–water partition coefficient (Wildman–Crippen LogP) is 2.13. The van der Waals surface area contributed by atoms with E-state index in [0.29, 0.717) is 24.5 Å². The van der Waals surface area contributed by atoms with Crippen LogP contribution in [0.1, 0.15) is 33.6 Å². The lowest BCUT2D eigenvalue weighted by molar-refractivity contribution is 0.229. The number of methoxy groups -OCH3 is 1. The molecule has 0 radical (unpaired) electrons. The fourth-order valence-electron chi connectivity index (χ4n) is 1.52. The SMILES string of the molecule is CCCC(C)COc1nc(NCC)nc(OC)n1. The van der Waals surface area contributed by atoms with Crippen LogP contribution in [0.4, 0.5) is 5.95 Å². The molecule has 0 amide bonds. The van der Waals surface area contributed by atoms with Crippen LogP contribution in [0.2, 0.25) is 0 Å². The van der Waals surface area contributed by atoms with Gasteiger partial charge in [-0.1, -0.05) is 20.3 Å². The summed E-state index contributed by atoms with van der Waals surface area (Å²) in [5.41, 5.74) is 0. The molecule has 1 atom stereocenters. The van der Waals surface area contributed by atoms with E-state index < -0.39 is 0 Å². The van der Waals surface area contributed by atoms with Crippen LogP contribution >= 0.6 is 0 Å². The number of rotatable bonds is 8. The Balaban J connectivity index is 2.65. The first-order valence-electron chi connectivity index (χ1n) is 6.36. The molecule has 0 spiro atoms. The molecule has 1 unspecified atom stereocenters. The smallest absolute Gasteiger partial charge is 0.324 e. The van der Waals surface area contributed by atoms with Gasteiger partial charge >= 0.3 is 12.0 Å². The van der Waals surface area contributed by atoms with Crippen LogP contribution in [-0.4, -0.2) is 35.2 Å². The Morgan fingerprint density at radius 2 is 1.89 bits per heavy atom. The maximum atomic E-state index is 5.57. The van der Waals surface area contributed by atoms with E-state index in [4.69, 9.17) is 9.47 Å². The number of aromatic nitrogens is 3. The molecule has 0 saturated heterocycles. The van der Waals surface area contributed by atoms with Crippen molar-refractivity contribution >= 4 is 5.95 Å². The van der Waals surface area contributed by atoms with Gasteiger partial charge in [0, 0.05) is 6.54 Å². The standard InChI is InChI=1S/C12H22N4O2/c1-5-7-9(3)8-18-12-15-10(13-6-2)14-11(16-12)17-4/h9H,5-8H2,1-4H3,(H,13,14,15,16). The van der Waals surface area contributed by atoms with Gasteiger partial charge in [0.25, 0.3) is 0 Å². The summed E-state index contributed by atoms with van der Waals surface area (Å²) in [6.07, 6.45) is 2.27.